The van der Waals surface area contributed by atoms with Gasteiger partial charge in [0.15, 0.2) is 0 Å². The number of rotatable bonds is 3. The van der Waals surface area contributed by atoms with Crippen molar-refractivity contribution in [1.82, 2.24) is 14.9 Å². The van der Waals surface area contributed by atoms with Crippen molar-refractivity contribution < 1.29 is 4.79 Å². The predicted octanol–water partition coefficient (Wildman–Crippen LogP) is 2.31. The minimum Gasteiger partial charge on any atom is -0.369 e. The maximum absolute atomic E-state index is 12.3. The Labute approximate surface area is 114 Å². The Kier molecular flexibility index (Phi) is 5.12. The van der Waals surface area contributed by atoms with Crippen LogP contribution in [0.4, 0.5) is 5.82 Å². The molecule has 0 atom stereocenters. The fourth-order valence-corrected chi connectivity index (χ4v) is 2.32. The SMILES string of the molecule is CCNc1cnc(C(=O)N2CCCCCCC2)cn1. The van der Waals surface area contributed by atoms with Crippen LogP contribution in [0.3, 0.4) is 0 Å². The molecule has 0 saturated carbocycles. The van der Waals surface area contributed by atoms with Gasteiger partial charge in [0.1, 0.15) is 11.5 Å². The van der Waals surface area contributed by atoms with Crippen molar-refractivity contribution in [3.63, 3.8) is 0 Å². The molecule has 0 spiro atoms. The van der Waals surface area contributed by atoms with Gasteiger partial charge < -0.3 is 10.2 Å². The molecule has 19 heavy (non-hydrogen) atoms. The van der Waals surface area contributed by atoms with Crippen molar-refractivity contribution in [2.45, 2.75) is 39.0 Å². The first-order valence-electron chi connectivity index (χ1n) is 7.16. The fraction of sp³-hybridized carbons (Fsp3) is 0.643. The Balaban J connectivity index is 2.00. The second-order valence-corrected chi connectivity index (χ2v) is 4.88. The molecule has 2 rings (SSSR count). The van der Waals surface area contributed by atoms with E-state index >= 15 is 0 Å². The number of hydrogen-bond donors (Lipinski definition) is 1. The first-order chi connectivity index (χ1) is 9.31. The van der Waals surface area contributed by atoms with Gasteiger partial charge in [-0.2, -0.15) is 0 Å². The van der Waals surface area contributed by atoms with Crippen molar-refractivity contribution in [2.75, 3.05) is 25.0 Å². The monoisotopic (exact) mass is 262 g/mol. The number of carbonyl (C=O) groups is 1. The van der Waals surface area contributed by atoms with Crippen LogP contribution in [0.15, 0.2) is 12.4 Å². The zero-order valence-electron chi connectivity index (χ0n) is 11.6. The largest absolute Gasteiger partial charge is 0.369 e. The Morgan fingerprint density at radius 2 is 1.84 bits per heavy atom. The molecule has 0 bridgehead atoms. The van der Waals surface area contributed by atoms with E-state index in [4.69, 9.17) is 0 Å². The van der Waals surface area contributed by atoms with Crippen LogP contribution in [-0.4, -0.2) is 40.4 Å². The summed E-state index contributed by atoms with van der Waals surface area (Å²) in [6.45, 7) is 4.49. The smallest absolute Gasteiger partial charge is 0.274 e. The lowest BCUT2D eigenvalue weighted by molar-refractivity contribution is 0.0736. The van der Waals surface area contributed by atoms with Crippen molar-refractivity contribution in [3.05, 3.63) is 18.1 Å². The minimum atomic E-state index is 0.0115. The highest BCUT2D eigenvalue weighted by Gasteiger charge is 2.17. The molecule has 5 heteroatoms. The number of likely N-dealkylation sites (tertiary alicyclic amines) is 1. The highest BCUT2D eigenvalue weighted by atomic mass is 16.2. The van der Waals surface area contributed by atoms with E-state index in [1.807, 2.05) is 11.8 Å². The van der Waals surface area contributed by atoms with Crippen LogP contribution in [-0.2, 0) is 0 Å². The Hall–Kier alpha value is -1.65. The van der Waals surface area contributed by atoms with E-state index in [9.17, 15) is 4.79 Å². The van der Waals surface area contributed by atoms with Gasteiger partial charge in [-0.05, 0) is 19.8 Å². The second-order valence-electron chi connectivity index (χ2n) is 4.88. The topological polar surface area (TPSA) is 58.1 Å². The van der Waals surface area contributed by atoms with Crippen LogP contribution in [0.25, 0.3) is 0 Å². The molecule has 1 aliphatic rings. The maximum atomic E-state index is 12.3. The standard InChI is InChI=1S/C14H22N4O/c1-2-15-13-11-16-12(10-17-13)14(19)18-8-6-4-3-5-7-9-18/h10-11H,2-9H2,1H3,(H,15,17). The highest BCUT2D eigenvalue weighted by Crippen LogP contribution is 2.13. The van der Waals surface area contributed by atoms with E-state index in [0.717, 1.165) is 32.5 Å². The van der Waals surface area contributed by atoms with Gasteiger partial charge >= 0.3 is 0 Å². The molecule has 1 amide bonds. The minimum absolute atomic E-state index is 0.0115. The van der Waals surface area contributed by atoms with Crippen LogP contribution in [0.2, 0.25) is 0 Å². The van der Waals surface area contributed by atoms with Gasteiger partial charge in [-0.1, -0.05) is 19.3 Å². The van der Waals surface area contributed by atoms with Gasteiger partial charge in [0.25, 0.3) is 5.91 Å². The highest BCUT2D eigenvalue weighted by molar-refractivity contribution is 5.92. The van der Waals surface area contributed by atoms with Crippen LogP contribution in [0.5, 0.6) is 0 Å². The molecular formula is C14H22N4O. The second kappa shape index (κ2) is 7.07. The first-order valence-corrected chi connectivity index (χ1v) is 7.16. The van der Waals surface area contributed by atoms with E-state index in [1.54, 1.807) is 12.4 Å². The van der Waals surface area contributed by atoms with E-state index in [0.29, 0.717) is 11.5 Å². The molecule has 0 unspecified atom stereocenters. The summed E-state index contributed by atoms with van der Waals surface area (Å²) in [7, 11) is 0. The lowest BCUT2D eigenvalue weighted by Gasteiger charge is -2.24. The molecule has 2 heterocycles. The average molecular weight is 262 g/mol. The fourth-order valence-electron chi connectivity index (χ4n) is 2.32. The number of nitrogens with zero attached hydrogens (tertiary/aromatic N) is 3. The van der Waals surface area contributed by atoms with Gasteiger partial charge in [0.2, 0.25) is 0 Å². The third-order valence-electron chi connectivity index (χ3n) is 3.37. The number of carbonyl (C=O) groups excluding carboxylic acids is 1. The van der Waals surface area contributed by atoms with Crippen LogP contribution in [0.1, 0.15) is 49.5 Å². The molecule has 5 nitrogen and oxygen atoms in total. The number of nitrogens with one attached hydrogen (secondary N) is 1. The molecule has 0 aliphatic carbocycles. The molecule has 1 fully saturated rings. The molecular weight excluding hydrogens is 240 g/mol. The lowest BCUT2D eigenvalue weighted by atomic mass is 10.1. The molecule has 1 N–H and O–H groups in total. The number of amides is 1. The summed E-state index contributed by atoms with van der Waals surface area (Å²) in [5.41, 5.74) is 0.447. The molecule has 0 radical (unpaired) electrons. The van der Waals surface area contributed by atoms with Gasteiger partial charge in [-0.25, -0.2) is 9.97 Å². The summed E-state index contributed by atoms with van der Waals surface area (Å²) in [5, 5.41) is 3.07. The molecule has 104 valence electrons. The summed E-state index contributed by atoms with van der Waals surface area (Å²) in [6, 6.07) is 0. The zero-order chi connectivity index (χ0) is 13.5. The molecule has 1 aromatic heterocycles. The van der Waals surface area contributed by atoms with Crippen molar-refractivity contribution >= 4 is 11.7 Å². The molecule has 0 aromatic carbocycles. The van der Waals surface area contributed by atoms with E-state index in [-0.39, 0.29) is 5.91 Å². The van der Waals surface area contributed by atoms with Crippen LogP contribution >= 0.6 is 0 Å². The summed E-state index contributed by atoms with van der Waals surface area (Å²) in [5.74, 6) is 0.726. The number of anilines is 1. The lowest BCUT2D eigenvalue weighted by Crippen LogP contribution is -2.34. The summed E-state index contributed by atoms with van der Waals surface area (Å²) < 4.78 is 0. The third kappa shape index (κ3) is 3.91. The summed E-state index contributed by atoms with van der Waals surface area (Å²) >= 11 is 0. The Bertz CT molecular complexity index is 396. The quantitative estimate of drug-likeness (QED) is 0.908. The molecule has 1 saturated heterocycles. The molecule has 1 aromatic rings. The average Bonchev–Trinajstić information content (AvgIpc) is 2.39. The van der Waals surface area contributed by atoms with E-state index < -0.39 is 0 Å². The van der Waals surface area contributed by atoms with Crippen molar-refractivity contribution in [2.24, 2.45) is 0 Å². The van der Waals surface area contributed by atoms with Crippen LogP contribution in [0, 0.1) is 0 Å². The molecule has 1 aliphatic heterocycles. The summed E-state index contributed by atoms with van der Waals surface area (Å²) in [6.07, 6.45) is 9.10. The first kappa shape index (κ1) is 13.8. The van der Waals surface area contributed by atoms with Crippen molar-refractivity contribution in [1.29, 1.82) is 0 Å². The zero-order valence-corrected chi connectivity index (χ0v) is 11.6. The normalized spacial score (nSPS) is 16.6. The van der Waals surface area contributed by atoms with Crippen molar-refractivity contribution in [3.8, 4) is 0 Å². The van der Waals surface area contributed by atoms with Gasteiger partial charge in [-0.3, -0.25) is 4.79 Å². The number of aromatic nitrogens is 2. The third-order valence-corrected chi connectivity index (χ3v) is 3.37. The van der Waals surface area contributed by atoms with E-state index in [1.165, 1.54) is 19.3 Å². The number of hydrogen-bond acceptors (Lipinski definition) is 4. The van der Waals surface area contributed by atoms with E-state index in [2.05, 4.69) is 15.3 Å². The van der Waals surface area contributed by atoms with Gasteiger partial charge in [0.05, 0.1) is 12.4 Å². The Morgan fingerprint density at radius 1 is 1.16 bits per heavy atom. The van der Waals surface area contributed by atoms with Gasteiger partial charge in [0, 0.05) is 19.6 Å². The maximum Gasteiger partial charge on any atom is 0.274 e. The van der Waals surface area contributed by atoms with Crippen LogP contribution < -0.4 is 5.32 Å². The Morgan fingerprint density at radius 3 is 2.42 bits per heavy atom. The van der Waals surface area contributed by atoms with Gasteiger partial charge in [-0.15, -0.1) is 0 Å². The predicted molar refractivity (Wildman–Crippen MR) is 75.2 cm³/mol. The summed E-state index contributed by atoms with van der Waals surface area (Å²) in [4.78, 5) is 22.7.